The second-order valence-electron chi connectivity index (χ2n) is 18.5. The van der Waals surface area contributed by atoms with E-state index in [1.807, 2.05) is 0 Å². The molecule has 0 unspecified atom stereocenters. The van der Waals surface area contributed by atoms with Crippen LogP contribution in [0.4, 0.5) is 0 Å². The van der Waals surface area contributed by atoms with Gasteiger partial charge in [-0.05, 0) is 81.0 Å². The minimum Gasteiger partial charge on any atom is -0.394 e. The van der Waals surface area contributed by atoms with E-state index in [1.54, 1.807) is 0 Å². The lowest BCUT2D eigenvalue weighted by molar-refractivity contribution is -0.360. The van der Waals surface area contributed by atoms with E-state index in [4.69, 9.17) is 28.4 Å². The maximum atomic E-state index is 12.1. The third-order valence-electron chi connectivity index (χ3n) is 15.7. The first-order valence-electron chi connectivity index (χ1n) is 20.1. The van der Waals surface area contributed by atoms with Crippen LogP contribution in [-0.2, 0) is 28.4 Å². The van der Waals surface area contributed by atoms with E-state index in [-0.39, 0.29) is 52.6 Å². The molecule has 7 fully saturated rings. The van der Waals surface area contributed by atoms with Gasteiger partial charge in [0.2, 0.25) is 0 Å². The molecule has 0 aromatic rings. The van der Waals surface area contributed by atoms with Crippen molar-refractivity contribution >= 4 is 0 Å². The molecule has 4 heterocycles. The number of hydrogen-bond acceptors (Lipinski definition) is 14. The average molecular weight is 755 g/mol. The van der Waals surface area contributed by atoms with Gasteiger partial charge in [0, 0.05) is 17.3 Å². The van der Waals surface area contributed by atoms with E-state index in [2.05, 4.69) is 33.8 Å². The van der Waals surface area contributed by atoms with Crippen molar-refractivity contribution < 1.29 is 69.3 Å². The van der Waals surface area contributed by atoms with Crippen molar-refractivity contribution in [1.82, 2.24) is 0 Å². The average Bonchev–Trinajstić information content (AvgIpc) is 3.59. The molecule has 0 aromatic carbocycles. The number of aliphatic hydroxyl groups is 8. The second kappa shape index (κ2) is 13.9. The second-order valence-corrected chi connectivity index (χ2v) is 18.5. The third-order valence-corrected chi connectivity index (χ3v) is 15.7. The van der Waals surface area contributed by atoms with E-state index >= 15 is 0 Å². The Bertz CT molecular complexity index is 1380. The molecule has 3 saturated carbocycles. The smallest absolute Gasteiger partial charge is 0.197 e. The molecule has 0 aromatic heterocycles. The molecular formula is C39H62O14. The monoisotopic (exact) mass is 754 g/mol. The van der Waals surface area contributed by atoms with Crippen LogP contribution in [0.2, 0.25) is 0 Å². The molecule has 1 spiro atoms. The van der Waals surface area contributed by atoms with Gasteiger partial charge >= 0.3 is 0 Å². The SMILES string of the molecule is C[C@@H]1CO[C@@]2(O[C@H]3C[C@H]4[C@@H]5CC=C6C[C@@H](O[C@@H]7O[C@H](CO)[C@@H](O[C@@H]8O[C@@H](C)[C@H](O)[C@@H](O)[C@H]8O)[C@H](O)[C@H]7O)CC[C@]6(C)[C@H]5C[C@@H](O)[C@]4(C)[C@@H]3[C@@H]2C)[C@@H](O)C1. The van der Waals surface area contributed by atoms with Crippen LogP contribution < -0.4 is 0 Å². The van der Waals surface area contributed by atoms with Gasteiger partial charge in [-0.15, -0.1) is 0 Å². The Morgan fingerprint density at radius 1 is 0.811 bits per heavy atom. The molecule has 4 aliphatic carbocycles. The number of ether oxygens (including phenoxy) is 6. The fourth-order valence-corrected chi connectivity index (χ4v) is 12.7. The zero-order valence-corrected chi connectivity index (χ0v) is 31.5. The maximum Gasteiger partial charge on any atom is 0.197 e. The highest BCUT2D eigenvalue weighted by atomic mass is 16.7. The molecule has 4 saturated heterocycles. The van der Waals surface area contributed by atoms with Crippen LogP contribution in [0.25, 0.3) is 0 Å². The molecule has 8 aliphatic rings. The van der Waals surface area contributed by atoms with Crippen molar-refractivity contribution in [3.8, 4) is 0 Å². The fourth-order valence-electron chi connectivity index (χ4n) is 12.7. The summed E-state index contributed by atoms with van der Waals surface area (Å²) in [6.45, 7) is 10.3. The van der Waals surface area contributed by atoms with Crippen LogP contribution in [0, 0.1) is 46.3 Å². The molecule has 0 bridgehead atoms. The summed E-state index contributed by atoms with van der Waals surface area (Å²) in [7, 11) is 0. The highest BCUT2D eigenvalue weighted by Crippen LogP contribution is 2.70. The Kier molecular flexibility index (Phi) is 10.3. The molecule has 14 heteroatoms. The molecule has 0 amide bonds. The van der Waals surface area contributed by atoms with E-state index in [0.717, 1.165) is 19.3 Å². The van der Waals surface area contributed by atoms with Gasteiger partial charge in [-0.3, -0.25) is 0 Å². The summed E-state index contributed by atoms with van der Waals surface area (Å²) in [6.07, 6.45) is -7.81. The van der Waals surface area contributed by atoms with Gasteiger partial charge in [0.25, 0.3) is 0 Å². The fraction of sp³-hybridized carbons (Fsp3) is 0.949. The van der Waals surface area contributed by atoms with Gasteiger partial charge in [0.1, 0.15) is 48.8 Å². The topological polar surface area (TPSA) is 217 Å². The Morgan fingerprint density at radius 3 is 2.25 bits per heavy atom. The highest BCUT2D eigenvalue weighted by molar-refractivity contribution is 5.27. The Balaban J connectivity index is 0.935. The van der Waals surface area contributed by atoms with E-state index < -0.39 is 86.0 Å². The van der Waals surface area contributed by atoms with Crippen LogP contribution in [-0.4, -0.2) is 146 Å². The normalized spacial score (nSPS) is 59.5. The van der Waals surface area contributed by atoms with Crippen molar-refractivity contribution in [2.24, 2.45) is 46.3 Å². The van der Waals surface area contributed by atoms with Crippen molar-refractivity contribution in [2.45, 2.75) is 171 Å². The van der Waals surface area contributed by atoms with Crippen LogP contribution >= 0.6 is 0 Å². The maximum absolute atomic E-state index is 12.1. The van der Waals surface area contributed by atoms with E-state index in [9.17, 15) is 40.9 Å². The summed E-state index contributed by atoms with van der Waals surface area (Å²) in [5.74, 6) is 0.218. The summed E-state index contributed by atoms with van der Waals surface area (Å²) in [4.78, 5) is 0. The summed E-state index contributed by atoms with van der Waals surface area (Å²) in [5.41, 5.74) is 0.761. The van der Waals surface area contributed by atoms with Gasteiger partial charge in [-0.1, -0.05) is 39.3 Å². The summed E-state index contributed by atoms with van der Waals surface area (Å²) < 4.78 is 36.6. The quantitative estimate of drug-likeness (QED) is 0.178. The summed E-state index contributed by atoms with van der Waals surface area (Å²) >= 11 is 0. The minimum atomic E-state index is -1.63. The zero-order chi connectivity index (χ0) is 37.9. The summed E-state index contributed by atoms with van der Waals surface area (Å²) in [6, 6.07) is 0. The molecule has 53 heavy (non-hydrogen) atoms. The lowest BCUT2D eigenvalue weighted by Gasteiger charge is -2.60. The molecule has 4 aliphatic heterocycles. The Morgan fingerprint density at radius 2 is 1.53 bits per heavy atom. The van der Waals surface area contributed by atoms with Gasteiger partial charge in [0.15, 0.2) is 18.4 Å². The molecule has 23 atom stereocenters. The van der Waals surface area contributed by atoms with Crippen molar-refractivity contribution in [2.75, 3.05) is 13.2 Å². The molecule has 14 nitrogen and oxygen atoms in total. The predicted molar refractivity (Wildman–Crippen MR) is 184 cm³/mol. The first-order chi connectivity index (χ1) is 25.0. The van der Waals surface area contributed by atoms with Gasteiger partial charge in [-0.2, -0.15) is 0 Å². The standard InChI is InChI=1S/C39H62O14/c1-16-10-27(42)39(48-15-16)17(2)28-24(53-39)12-23-21-7-6-19-11-20(8-9-37(19,4)22(21)13-26(41)38(23,28)5)50-36-33(47)31(45)34(25(14-40)51-36)52-35-32(46)30(44)29(43)18(3)49-35/h6,16-18,20-36,40-47H,7-15H2,1-5H3/t16-,17-,18-,20-,21+,22-,23-,24-,25+,26+,27-,28+,29-,30+,31+,32+,33+,34+,35-,36+,37-,38+,39-/m0/s1. The molecule has 8 rings (SSSR count). The van der Waals surface area contributed by atoms with Crippen molar-refractivity contribution in [3.63, 3.8) is 0 Å². The minimum absolute atomic E-state index is 0.0463. The molecule has 8 N–H and O–H groups in total. The number of rotatable bonds is 5. The first kappa shape index (κ1) is 39.0. The largest absolute Gasteiger partial charge is 0.394 e. The van der Waals surface area contributed by atoms with Crippen LogP contribution in [0.3, 0.4) is 0 Å². The van der Waals surface area contributed by atoms with Gasteiger partial charge < -0.3 is 69.3 Å². The number of hydrogen-bond donors (Lipinski definition) is 8. The van der Waals surface area contributed by atoms with Crippen molar-refractivity contribution in [3.05, 3.63) is 11.6 Å². The zero-order valence-electron chi connectivity index (χ0n) is 31.5. The number of fused-ring (bicyclic) bond motifs is 7. The van der Waals surface area contributed by atoms with Crippen LogP contribution in [0.5, 0.6) is 0 Å². The molecule has 302 valence electrons. The van der Waals surface area contributed by atoms with Crippen LogP contribution in [0.1, 0.15) is 79.6 Å². The summed E-state index contributed by atoms with van der Waals surface area (Å²) in [5, 5.41) is 86.5. The molecular weight excluding hydrogens is 692 g/mol. The first-order valence-corrected chi connectivity index (χ1v) is 20.1. The lowest BCUT2D eigenvalue weighted by atomic mass is 9.46. The molecule has 0 radical (unpaired) electrons. The Hall–Kier alpha value is -0.820. The van der Waals surface area contributed by atoms with Crippen LogP contribution in [0.15, 0.2) is 11.6 Å². The van der Waals surface area contributed by atoms with Gasteiger partial charge in [-0.25, -0.2) is 0 Å². The van der Waals surface area contributed by atoms with Gasteiger partial charge in [0.05, 0.1) is 37.6 Å². The van der Waals surface area contributed by atoms with Crippen molar-refractivity contribution in [1.29, 1.82) is 0 Å². The van der Waals surface area contributed by atoms with E-state index in [1.165, 1.54) is 12.5 Å². The predicted octanol–water partition coefficient (Wildman–Crippen LogP) is 0.332. The number of allylic oxidation sites excluding steroid dienone is 1. The lowest BCUT2D eigenvalue weighted by Crippen LogP contribution is -2.64. The third kappa shape index (κ3) is 5.87. The highest BCUT2D eigenvalue weighted by Gasteiger charge is 2.72. The Labute approximate surface area is 311 Å². The number of aliphatic hydroxyl groups excluding tert-OH is 8. The van der Waals surface area contributed by atoms with E-state index in [0.29, 0.717) is 38.2 Å².